The summed E-state index contributed by atoms with van der Waals surface area (Å²) in [5, 5.41) is 0. The smallest absolute Gasteiger partial charge is 0.139 e. The van der Waals surface area contributed by atoms with Crippen molar-refractivity contribution in [3.63, 3.8) is 0 Å². The van der Waals surface area contributed by atoms with Crippen molar-refractivity contribution in [1.29, 1.82) is 0 Å². The van der Waals surface area contributed by atoms with Gasteiger partial charge in [0.1, 0.15) is 5.82 Å². The molecular weight excluding hydrogens is 200 g/mol. The first-order valence-electron chi connectivity index (χ1n) is 5.83. The molecule has 2 atom stereocenters. The predicted octanol–water partition coefficient (Wildman–Crippen LogP) is 1.46. The number of hydrogen-bond acceptors (Lipinski definition) is 4. The third-order valence-corrected chi connectivity index (χ3v) is 3.44. The Morgan fingerprint density at radius 1 is 1.38 bits per heavy atom. The fraction of sp³-hybridized carbons (Fsp3) is 0.583. The zero-order valence-corrected chi connectivity index (χ0v) is 9.98. The molecular formula is C12H20N4. The minimum absolute atomic E-state index is 0.715. The largest absolute Gasteiger partial charge is 0.308 e. The average Bonchev–Trinajstić information content (AvgIpc) is 2.59. The van der Waals surface area contributed by atoms with Crippen LogP contribution in [0.15, 0.2) is 18.3 Å². The second kappa shape index (κ2) is 4.80. The minimum Gasteiger partial charge on any atom is -0.308 e. The van der Waals surface area contributed by atoms with Gasteiger partial charge in [-0.05, 0) is 23.5 Å². The van der Waals surface area contributed by atoms with Crippen LogP contribution in [0.1, 0.15) is 19.4 Å². The van der Waals surface area contributed by atoms with Gasteiger partial charge in [0.2, 0.25) is 0 Å². The number of aromatic nitrogens is 1. The zero-order chi connectivity index (χ0) is 11.5. The van der Waals surface area contributed by atoms with Crippen LogP contribution in [0.5, 0.6) is 0 Å². The number of nitrogens with two attached hydrogens (primary N) is 1. The molecule has 4 heteroatoms. The Morgan fingerprint density at radius 2 is 2.06 bits per heavy atom. The first-order valence-corrected chi connectivity index (χ1v) is 5.83. The lowest BCUT2D eigenvalue weighted by Crippen LogP contribution is -2.20. The van der Waals surface area contributed by atoms with E-state index in [-0.39, 0.29) is 0 Å². The monoisotopic (exact) mass is 220 g/mol. The maximum Gasteiger partial charge on any atom is 0.139 e. The number of nitrogens with zero attached hydrogens (tertiary/aromatic N) is 2. The Kier molecular flexibility index (Phi) is 3.41. The van der Waals surface area contributed by atoms with Crippen molar-refractivity contribution in [2.75, 3.05) is 18.5 Å². The molecule has 16 heavy (non-hydrogen) atoms. The van der Waals surface area contributed by atoms with E-state index in [0.717, 1.165) is 18.4 Å². The average molecular weight is 220 g/mol. The third-order valence-electron chi connectivity index (χ3n) is 3.44. The Bertz CT molecular complexity index is 325. The van der Waals surface area contributed by atoms with E-state index < -0.39 is 0 Å². The summed E-state index contributed by atoms with van der Waals surface area (Å²) in [4.78, 5) is 6.70. The summed E-state index contributed by atoms with van der Waals surface area (Å²) in [6.45, 7) is 8.03. The zero-order valence-electron chi connectivity index (χ0n) is 9.98. The molecule has 3 N–H and O–H groups in total. The summed E-state index contributed by atoms with van der Waals surface area (Å²) >= 11 is 0. The lowest BCUT2D eigenvalue weighted by atomic mass is 10.0. The summed E-state index contributed by atoms with van der Waals surface area (Å²) in [7, 11) is 0. The SMILES string of the molecule is CC1CN(Cc2ccc(NN)nc2)CC1C. The molecule has 0 bridgehead atoms. The van der Waals surface area contributed by atoms with Gasteiger partial charge in [-0.3, -0.25) is 4.90 Å². The summed E-state index contributed by atoms with van der Waals surface area (Å²) in [5.74, 6) is 7.60. The molecule has 0 spiro atoms. The lowest BCUT2D eigenvalue weighted by molar-refractivity contribution is 0.316. The highest BCUT2D eigenvalue weighted by molar-refractivity contribution is 5.33. The van der Waals surface area contributed by atoms with E-state index in [2.05, 4.69) is 35.2 Å². The van der Waals surface area contributed by atoms with Crippen LogP contribution in [0, 0.1) is 11.8 Å². The Balaban J connectivity index is 1.94. The molecule has 1 aromatic heterocycles. The van der Waals surface area contributed by atoms with Crippen molar-refractivity contribution in [3.05, 3.63) is 23.9 Å². The number of hydrazine groups is 1. The molecule has 0 saturated carbocycles. The van der Waals surface area contributed by atoms with E-state index in [4.69, 9.17) is 5.84 Å². The van der Waals surface area contributed by atoms with Crippen molar-refractivity contribution >= 4 is 5.82 Å². The van der Waals surface area contributed by atoms with Gasteiger partial charge in [0.05, 0.1) is 0 Å². The molecule has 4 nitrogen and oxygen atoms in total. The van der Waals surface area contributed by atoms with Gasteiger partial charge in [-0.1, -0.05) is 19.9 Å². The van der Waals surface area contributed by atoms with Crippen LogP contribution in [0.4, 0.5) is 5.82 Å². The molecule has 1 aliphatic heterocycles. The molecule has 0 radical (unpaired) electrons. The van der Waals surface area contributed by atoms with E-state index in [1.807, 2.05) is 12.3 Å². The standard InChI is InChI=1S/C12H20N4/c1-9-6-16(7-10(9)2)8-11-3-4-12(15-13)14-5-11/h3-5,9-10H,6-8,13H2,1-2H3,(H,14,15). The van der Waals surface area contributed by atoms with E-state index in [0.29, 0.717) is 5.82 Å². The van der Waals surface area contributed by atoms with Gasteiger partial charge in [-0.2, -0.15) is 0 Å². The fourth-order valence-electron chi connectivity index (χ4n) is 2.24. The van der Waals surface area contributed by atoms with Gasteiger partial charge in [0.15, 0.2) is 0 Å². The topological polar surface area (TPSA) is 54.2 Å². The van der Waals surface area contributed by atoms with Crippen molar-refractivity contribution in [3.8, 4) is 0 Å². The van der Waals surface area contributed by atoms with Crippen molar-refractivity contribution in [1.82, 2.24) is 9.88 Å². The maximum atomic E-state index is 5.28. The number of rotatable bonds is 3. The van der Waals surface area contributed by atoms with Gasteiger partial charge in [0.25, 0.3) is 0 Å². The van der Waals surface area contributed by atoms with Gasteiger partial charge in [-0.25, -0.2) is 10.8 Å². The van der Waals surface area contributed by atoms with Crippen LogP contribution in [0.25, 0.3) is 0 Å². The summed E-state index contributed by atoms with van der Waals surface area (Å²) in [5.41, 5.74) is 3.79. The number of pyridine rings is 1. The van der Waals surface area contributed by atoms with Crippen molar-refractivity contribution < 1.29 is 0 Å². The number of nitrogens with one attached hydrogen (secondary N) is 1. The molecule has 1 aromatic rings. The van der Waals surface area contributed by atoms with Crippen LogP contribution in [0.2, 0.25) is 0 Å². The highest BCUT2D eigenvalue weighted by Crippen LogP contribution is 2.23. The summed E-state index contributed by atoms with van der Waals surface area (Å²) < 4.78 is 0. The van der Waals surface area contributed by atoms with Gasteiger partial charge in [-0.15, -0.1) is 0 Å². The Labute approximate surface area is 96.8 Å². The third kappa shape index (κ3) is 2.51. The van der Waals surface area contributed by atoms with E-state index in [9.17, 15) is 0 Å². The molecule has 2 heterocycles. The molecule has 1 aliphatic rings. The van der Waals surface area contributed by atoms with Gasteiger partial charge in [0, 0.05) is 25.8 Å². The van der Waals surface area contributed by atoms with Crippen LogP contribution in [-0.2, 0) is 6.54 Å². The van der Waals surface area contributed by atoms with E-state index in [1.54, 1.807) is 0 Å². The summed E-state index contributed by atoms with van der Waals surface area (Å²) in [6.07, 6.45) is 1.89. The van der Waals surface area contributed by atoms with E-state index >= 15 is 0 Å². The highest BCUT2D eigenvalue weighted by atomic mass is 15.2. The van der Waals surface area contributed by atoms with Crippen LogP contribution >= 0.6 is 0 Å². The van der Waals surface area contributed by atoms with E-state index in [1.165, 1.54) is 18.7 Å². The molecule has 1 saturated heterocycles. The first kappa shape index (κ1) is 11.4. The quantitative estimate of drug-likeness (QED) is 0.598. The van der Waals surface area contributed by atoms with Gasteiger partial charge < -0.3 is 5.43 Å². The van der Waals surface area contributed by atoms with Crippen LogP contribution < -0.4 is 11.3 Å². The normalized spacial score (nSPS) is 25.9. The maximum absolute atomic E-state index is 5.28. The fourth-order valence-corrected chi connectivity index (χ4v) is 2.24. The van der Waals surface area contributed by atoms with Crippen LogP contribution in [-0.4, -0.2) is 23.0 Å². The molecule has 2 rings (SSSR count). The summed E-state index contributed by atoms with van der Waals surface area (Å²) in [6, 6.07) is 3.99. The minimum atomic E-state index is 0.715. The molecule has 0 amide bonds. The molecule has 0 aromatic carbocycles. The van der Waals surface area contributed by atoms with Crippen molar-refractivity contribution in [2.24, 2.45) is 17.7 Å². The second-order valence-electron chi connectivity index (χ2n) is 4.84. The number of nitrogen functional groups attached to an aromatic ring is 1. The number of hydrogen-bond donors (Lipinski definition) is 2. The molecule has 2 unspecified atom stereocenters. The van der Waals surface area contributed by atoms with Gasteiger partial charge >= 0.3 is 0 Å². The molecule has 88 valence electrons. The van der Waals surface area contributed by atoms with Crippen LogP contribution in [0.3, 0.4) is 0 Å². The molecule has 1 fully saturated rings. The Morgan fingerprint density at radius 3 is 2.56 bits per heavy atom. The van der Waals surface area contributed by atoms with Crippen molar-refractivity contribution in [2.45, 2.75) is 20.4 Å². The lowest BCUT2D eigenvalue weighted by Gasteiger charge is -2.15. The number of likely N-dealkylation sites (tertiary alicyclic amines) is 1. The number of anilines is 1. The molecule has 0 aliphatic carbocycles. The second-order valence-corrected chi connectivity index (χ2v) is 4.84. The predicted molar refractivity (Wildman–Crippen MR) is 65.7 cm³/mol. The Hall–Kier alpha value is -1.13. The first-order chi connectivity index (χ1) is 7.69. The highest BCUT2D eigenvalue weighted by Gasteiger charge is 2.25.